The number of aliphatic hydroxyl groups is 2. The van der Waals surface area contributed by atoms with Gasteiger partial charge in [0.25, 0.3) is 0 Å². The zero-order chi connectivity index (χ0) is 14.4. The maximum Gasteiger partial charge on any atom is 0.243 e. The van der Waals surface area contributed by atoms with Crippen LogP contribution in [0.5, 0.6) is 0 Å². The fourth-order valence-electron chi connectivity index (χ4n) is 2.08. The lowest BCUT2D eigenvalue weighted by Gasteiger charge is -2.17. The minimum atomic E-state index is -3.73. The van der Waals surface area contributed by atoms with E-state index >= 15 is 0 Å². The highest BCUT2D eigenvalue weighted by atomic mass is 32.2. The smallest absolute Gasteiger partial charge is 0.243 e. The Morgan fingerprint density at radius 2 is 1.74 bits per heavy atom. The molecule has 19 heavy (non-hydrogen) atoms. The molecule has 1 saturated heterocycles. The van der Waals surface area contributed by atoms with Crippen molar-refractivity contribution in [1.29, 1.82) is 0 Å². The highest BCUT2D eigenvalue weighted by molar-refractivity contribution is 7.89. The monoisotopic (exact) mass is 286 g/mol. The first kappa shape index (κ1) is 14.3. The second-order valence-electron chi connectivity index (χ2n) is 4.91. The Labute approximate surface area is 112 Å². The van der Waals surface area contributed by atoms with Gasteiger partial charge in [-0.2, -0.15) is 4.31 Å². The van der Waals surface area contributed by atoms with E-state index in [0.29, 0.717) is 5.69 Å². The van der Waals surface area contributed by atoms with Crippen LogP contribution in [0.4, 0.5) is 5.69 Å². The van der Waals surface area contributed by atoms with Crippen molar-refractivity contribution in [2.24, 2.45) is 0 Å². The van der Waals surface area contributed by atoms with Crippen molar-refractivity contribution < 1.29 is 18.6 Å². The summed E-state index contributed by atoms with van der Waals surface area (Å²) in [6.45, 7) is 3.41. The normalized spacial score (nSPS) is 24.8. The third-order valence-electron chi connectivity index (χ3n) is 3.54. The molecule has 1 fully saturated rings. The molecule has 1 aliphatic heterocycles. The van der Waals surface area contributed by atoms with E-state index in [1.807, 2.05) is 6.92 Å². The number of anilines is 1. The van der Waals surface area contributed by atoms with Crippen LogP contribution in [-0.2, 0) is 10.0 Å². The number of benzene rings is 1. The van der Waals surface area contributed by atoms with Crippen LogP contribution >= 0.6 is 0 Å². The lowest BCUT2D eigenvalue weighted by molar-refractivity contribution is 0.0572. The van der Waals surface area contributed by atoms with Crippen molar-refractivity contribution in [2.45, 2.75) is 31.0 Å². The van der Waals surface area contributed by atoms with Crippen molar-refractivity contribution in [1.82, 2.24) is 4.31 Å². The van der Waals surface area contributed by atoms with E-state index in [1.54, 1.807) is 13.0 Å². The first-order valence-corrected chi connectivity index (χ1v) is 7.40. The molecule has 4 N–H and O–H groups in total. The largest absolute Gasteiger partial charge is 0.398 e. The molecule has 2 unspecified atom stereocenters. The molecule has 0 radical (unpaired) electrons. The molecular formula is C12H18N2O4S. The molecule has 106 valence electrons. The van der Waals surface area contributed by atoms with E-state index in [4.69, 9.17) is 5.73 Å². The van der Waals surface area contributed by atoms with Gasteiger partial charge >= 0.3 is 0 Å². The van der Waals surface area contributed by atoms with E-state index < -0.39 is 22.2 Å². The van der Waals surface area contributed by atoms with E-state index in [0.717, 1.165) is 15.4 Å². The number of nitrogens with zero attached hydrogens (tertiary/aromatic N) is 1. The fourth-order valence-corrected chi connectivity index (χ4v) is 3.68. The van der Waals surface area contributed by atoms with Gasteiger partial charge in [0, 0.05) is 18.8 Å². The summed E-state index contributed by atoms with van der Waals surface area (Å²) in [5.74, 6) is 0. The molecule has 0 saturated carbocycles. The Balaban J connectivity index is 2.41. The average Bonchev–Trinajstić information content (AvgIpc) is 2.66. The maximum atomic E-state index is 12.4. The van der Waals surface area contributed by atoms with E-state index in [-0.39, 0.29) is 18.0 Å². The third-order valence-corrected chi connectivity index (χ3v) is 5.35. The summed E-state index contributed by atoms with van der Waals surface area (Å²) >= 11 is 0. The molecule has 0 spiro atoms. The van der Waals surface area contributed by atoms with Crippen LogP contribution in [0.2, 0.25) is 0 Å². The molecule has 2 rings (SSSR count). The summed E-state index contributed by atoms with van der Waals surface area (Å²) in [6.07, 6.45) is -2.09. The topological polar surface area (TPSA) is 104 Å². The number of β-amino-alcohol motifs (C(OH)–C–C–N with tert-alkyl or cyclic N) is 2. The predicted molar refractivity (Wildman–Crippen MR) is 71.1 cm³/mol. The number of aryl methyl sites for hydroxylation is 1. The second-order valence-corrected chi connectivity index (χ2v) is 6.85. The van der Waals surface area contributed by atoms with Crippen LogP contribution < -0.4 is 5.73 Å². The number of nitrogen functional groups attached to an aromatic ring is 1. The SMILES string of the molecule is Cc1cc(S(=O)(=O)N2CC(O)C(O)C2)cc(N)c1C. The number of hydrogen-bond donors (Lipinski definition) is 3. The quantitative estimate of drug-likeness (QED) is 0.642. The van der Waals surface area contributed by atoms with Gasteiger partial charge in [-0.05, 0) is 37.1 Å². The van der Waals surface area contributed by atoms with Gasteiger partial charge in [-0.25, -0.2) is 8.42 Å². The van der Waals surface area contributed by atoms with Crippen LogP contribution in [-0.4, -0.2) is 48.2 Å². The molecule has 1 heterocycles. The van der Waals surface area contributed by atoms with Crippen LogP contribution in [0.25, 0.3) is 0 Å². The lowest BCUT2D eigenvalue weighted by Crippen LogP contribution is -2.30. The third kappa shape index (κ3) is 2.46. The standard InChI is InChI=1S/C12H18N2O4S/c1-7-3-9(4-10(13)8(7)2)19(17,18)14-5-11(15)12(16)6-14/h3-4,11-12,15-16H,5-6,13H2,1-2H3. The van der Waals surface area contributed by atoms with Gasteiger partial charge in [-0.3, -0.25) is 0 Å². The number of nitrogens with two attached hydrogens (primary N) is 1. The molecule has 0 bridgehead atoms. The Kier molecular flexibility index (Phi) is 3.57. The van der Waals surface area contributed by atoms with Gasteiger partial charge in [-0.15, -0.1) is 0 Å². The molecule has 1 aromatic carbocycles. The van der Waals surface area contributed by atoms with Crippen LogP contribution in [0.3, 0.4) is 0 Å². The summed E-state index contributed by atoms with van der Waals surface area (Å²) in [5, 5.41) is 18.9. The molecule has 0 amide bonds. The fraction of sp³-hybridized carbons (Fsp3) is 0.500. The van der Waals surface area contributed by atoms with Crippen LogP contribution in [0, 0.1) is 13.8 Å². The zero-order valence-corrected chi connectivity index (χ0v) is 11.7. The maximum absolute atomic E-state index is 12.4. The molecule has 6 nitrogen and oxygen atoms in total. The highest BCUT2D eigenvalue weighted by Gasteiger charge is 2.37. The zero-order valence-electron chi connectivity index (χ0n) is 10.9. The van der Waals surface area contributed by atoms with Gasteiger partial charge in [-0.1, -0.05) is 0 Å². The number of rotatable bonds is 2. The molecular weight excluding hydrogens is 268 g/mol. The van der Waals surface area contributed by atoms with Gasteiger partial charge < -0.3 is 15.9 Å². The molecule has 2 atom stereocenters. The van der Waals surface area contributed by atoms with Crippen molar-refractivity contribution in [3.05, 3.63) is 23.3 Å². The van der Waals surface area contributed by atoms with E-state index in [1.165, 1.54) is 6.07 Å². The van der Waals surface area contributed by atoms with Crippen molar-refractivity contribution in [3.8, 4) is 0 Å². The first-order chi connectivity index (χ1) is 8.73. The average molecular weight is 286 g/mol. The first-order valence-electron chi connectivity index (χ1n) is 5.96. The Bertz CT molecular complexity index is 567. The lowest BCUT2D eigenvalue weighted by atomic mass is 10.1. The number of sulfonamides is 1. The Morgan fingerprint density at radius 1 is 1.21 bits per heavy atom. The minimum absolute atomic E-state index is 0.0920. The molecule has 0 aromatic heterocycles. The Morgan fingerprint density at radius 3 is 2.21 bits per heavy atom. The minimum Gasteiger partial charge on any atom is -0.398 e. The van der Waals surface area contributed by atoms with E-state index in [2.05, 4.69) is 0 Å². The Hall–Kier alpha value is -1.15. The number of hydrogen-bond acceptors (Lipinski definition) is 5. The van der Waals surface area contributed by atoms with Crippen LogP contribution in [0.15, 0.2) is 17.0 Å². The van der Waals surface area contributed by atoms with Crippen molar-refractivity contribution >= 4 is 15.7 Å². The number of aliphatic hydroxyl groups excluding tert-OH is 2. The molecule has 7 heteroatoms. The summed E-state index contributed by atoms with van der Waals surface area (Å²) in [7, 11) is -3.73. The van der Waals surface area contributed by atoms with E-state index in [9.17, 15) is 18.6 Å². The van der Waals surface area contributed by atoms with Gasteiger partial charge in [0.1, 0.15) is 0 Å². The second kappa shape index (κ2) is 4.75. The summed E-state index contributed by atoms with van der Waals surface area (Å²) in [4.78, 5) is 0.0920. The summed E-state index contributed by atoms with van der Waals surface area (Å²) < 4.78 is 25.9. The van der Waals surface area contributed by atoms with Crippen molar-refractivity contribution in [3.63, 3.8) is 0 Å². The van der Waals surface area contributed by atoms with Gasteiger partial charge in [0.15, 0.2) is 0 Å². The highest BCUT2D eigenvalue weighted by Crippen LogP contribution is 2.26. The van der Waals surface area contributed by atoms with Gasteiger partial charge in [0.05, 0.1) is 17.1 Å². The van der Waals surface area contributed by atoms with Crippen LogP contribution in [0.1, 0.15) is 11.1 Å². The van der Waals surface area contributed by atoms with Gasteiger partial charge in [0.2, 0.25) is 10.0 Å². The molecule has 1 aliphatic rings. The molecule has 1 aromatic rings. The van der Waals surface area contributed by atoms with Crippen molar-refractivity contribution in [2.75, 3.05) is 18.8 Å². The predicted octanol–water partition coefficient (Wildman–Crippen LogP) is -0.388. The summed E-state index contributed by atoms with van der Waals surface area (Å²) in [6, 6.07) is 2.97. The molecule has 0 aliphatic carbocycles. The summed E-state index contributed by atoms with van der Waals surface area (Å²) in [5.41, 5.74) is 7.84.